The highest BCUT2D eigenvalue weighted by atomic mass is 28.2. The monoisotopic (exact) mass is 442 g/mol. The van der Waals surface area contributed by atoms with Crippen molar-refractivity contribution in [2.75, 3.05) is 0 Å². The Labute approximate surface area is 176 Å². The average molecular weight is 443 g/mol. The summed E-state index contributed by atoms with van der Waals surface area (Å²) in [7, 11) is 0.123. The molecule has 30 heavy (non-hydrogen) atoms. The molecule has 3 rings (SSSR count). The van der Waals surface area contributed by atoms with Gasteiger partial charge < -0.3 is 4.74 Å². The molecule has 0 heterocycles. The Bertz CT molecular complexity index is 844. The molecule has 1 saturated carbocycles. The fraction of sp³-hybridized carbons (Fsp3) is 0.478. The molecule has 1 aliphatic rings. The average Bonchev–Trinajstić information content (AvgIpc) is 2.69. The van der Waals surface area contributed by atoms with Crippen molar-refractivity contribution in [1.82, 2.24) is 0 Å². The molecule has 0 aliphatic heterocycles. The van der Waals surface area contributed by atoms with Crippen LogP contribution in [0.5, 0.6) is 5.75 Å². The molecule has 2 aromatic rings. The van der Waals surface area contributed by atoms with Gasteiger partial charge in [-0.2, -0.15) is 0 Å². The third-order valence-corrected chi connectivity index (χ3v) is 7.61. The topological polar surface area (TPSA) is 9.23 Å². The molecule has 0 saturated heterocycles. The lowest BCUT2D eigenvalue weighted by atomic mass is 9.77. The van der Waals surface area contributed by atoms with Crippen LogP contribution in [0.15, 0.2) is 36.4 Å². The van der Waals surface area contributed by atoms with Crippen molar-refractivity contribution in [3.63, 3.8) is 0 Å². The Balaban J connectivity index is 1.67. The summed E-state index contributed by atoms with van der Waals surface area (Å²) in [5.41, 5.74) is 1.28. The quantitative estimate of drug-likeness (QED) is 0.250. The van der Waals surface area contributed by atoms with Gasteiger partial charge in [-0.05, 0) is 66.8 Å². The Morgan fingerprint density at radius 2 is 1.70 bits per heavy atom. The number of ether oxygens (including phenoxy) is 1. The predicted octanol–water partition coefficient (Wildman–Crippen LogP) is 7.22. The molecule has 0 amide bonds. The van der Waals surface area contributed by atoms with Crippen LogP contribution >= 0.6 is 0 Å². The summed E-state index contributed by atoms with van der Waals surface area (Å²) in [4.78, 5) is 0. The molecule has 0 unspecified atom stereocenters. The molecule has 0 spiro atoms. The van der Waals surface area contributed by atoms with Gasteiger partial charge in [0.2, 0.25) is 0 Å². The molecule has 1 nitrogen and oxygen atoms in total. The van der Waals surface area contributed by atoms with Gasteiger partial charge in [0.05, 0.1) is 0 Å². The Morgan fingerprint density at radius 3 is 2.30 bits per heavy atom. The molecule has 1 aliphatic carbocycles. The number of alkyl halides is 3. The molecule has 1 fully saturated rings. The van der Waals surface area contributed by atoms with E-state index in [2.05, 4.69) is 11.7 Å². The lowest BCUT2D eigenvalue weighted by molar-refractivity contribution is -0.275. The van der Waals surface area contributed by atoms with Crippen molar-refractivity contribution in [1.29, 1.82) is 0 Å². The van der Waals surface area contributed by atoms with E-state index in [1.54, 1.807) is 6.07 Å². The van der Waals surface area contributed by atoms with Crippen molar-refractivity contribution in [3.8, 4) is 16.9 Å². The maximum Gasteiger partial charge on any atom is 0.573 e. The second kappa shape index (κ2) is 9.94. The third-order valence-electron chi connectivity index (χ3n) is 6.00. The first-order valence-corrected chi connectivity index (χ1v) is 12.6. The first-order chi connectivity index (χ1) is 14.3. The van der Waals surface area contributed by atoms with Crippen LogP contribution in [0.25, 0.3) is 11.1 Å². The summed E-state index contributed by atoms with van der Waals surface area (Å²) in [6, 6.07) is 10.7. The highest BCUT2D eigenvalue weighted by molar-refractivity contribution is 6.35. The van der Waals surface area contributed by atoms with Gasteiger partial charge in [-0.15, -0.1) is 13.2 Å². The molecular formula is C23H27F5OSi. The molecule has 2 aromatic carbocycles. The van der Waals surface area contributed by atoms with Crippen LogP contribution in [0, 0.1) is 17.6 Å². The normalized spacial score (nSPS) is 20.1. The summed E-state index contributed by atoms with van der Waals surface area (Å²) in [5.74, 6) is -1.48. The van der Waals surface area contributed by atoms with E-state index in [1.165, 1.54) is 43.5 Å². The molecule has 164 valence electrons. The predicted molar refractivity (Wildman–Crippen MR) is 112 cm³/mol. The SMILES string of the molecule is CC[SiH2]CCC1CCC(c2ccc(-c3ccc(OC(F)(F)F)c(F)c3)c(F)c2)CC1. The zero-order valence-electron chi connectivity index (χ0n) is 17.1. The van der Waals surface area contributed by atoms with Gasteiger partial charge in [-0.3, -0.25) is 0 Å². The van der Waals surface area contributed by atoms with Crippen LogP contribution in [-0.2, 0) is 0 Å². The fourth-order valence-electron chi connectivity index (χ4n) is 4.36. The molecule has 7 heteroatoms. The lowest BCUT2D eigenvalue weighted by Crippen LogP contribution is -2.17. The van der Waals surface area contributed by atoms with Crippen molar-refractivity contribution in [3.05, 3.63) is 53.6 Å². The highest BCUT2D eigenvalue weighted by Gasteiger charge is 2.32. The van der Waals surface area contributed by atoms with E-state index in [0.29, 0.717) is 5.92 Å². The Kier molecular flexibility index (Phi) is 7.55. The zero-order chi connectivity index (χ0) is 21.7. The largest absolute Gasteiger partial charge is 0.573 e. The van der Waals surface area contributed by atoms with Gasteiger partial charge in [0, 0.05) is 15.1 Å². The number of halogens is 5. The minimum absolute atomic E-state index is 0.123. The van der Waals surface area contributed by atoms with Crippen LogP contribution in [-0.4, -0.2) is 15.9 Å². The fourth-order valence-corrected chi connectivity index (χ4v) is 5.73. The number of benzene rings is 2. The second-order valence-corrected chi connectivity index (χ2v) is 10.6. The summed E-state index contributed by atoms with van der Waals surface area (Å²) in [6.45, 7) is 2.26. The van der Waals surface area contributed by atoms with E-state index in [1.807, 2.05) is 6.07 Å². The van der Waals surface area contributed by atoms with E-state index < -0.39 is 23.7 Å². The number of rotatable bonds is 7. The maximum absolute atomic E-state index is 14.7. The van der Waals surface area contributed by atoms with E-state index in [0.717, 1.165) is 36.5 Å². The van der Waals surface area contributed by atoms with Crippen LogP contribution in [0.4, 0.5) is 22.0 Å². The van der Waals surface area contributed by atoms with E-state index >= 15 is 0 Å². The minimum Gasteiger partial charge on any atom is -0.403 e. The van der Waals surface area contributed by atoms with E-state index in [-0.39, 0.29) is 20.6 Å². The minimum atomic E-state index is -4.98. The molecule has 0 bridgehead atoms. The third kappa shape index (κ3) is 6.06. The van der Waals surface area contributed by atoms with Crippen molar-refractivity contribution < 1.29 is 26.7 Å². The summed E-state index contributed by atoms with van der Waals surface area (Å²) in [6.07, 6.45) is 0.812. The Hall–Kier alpha value is -1.89. The molecule has 0 radical (unpaired) electrons. The standard InChI is InChI=1S/C23H27F5OSi/c1-2-30-12-11-15-3-5-16(6-4-15)17-7-9-19(20(24)13-17)18-8-10-22(21(25)14-18)29-23(26,27)28/h7-10,13-16H,2-6,11-12,30H2,1H3. The van der Waals surface area contributed by atoms with Crippen molar-refractivity contribution in [2.45, 2.75) is 63.4 Å². The first-order valence-electron chi connectivity index (χ1n) is 10.6. The lowest BCUT2D eigenvalue weighted by Gasteiger charge is -2.29. The summed E-state index contributed by atoms with van der Waals surface area (Å²) in [5, 5.41) is 0. The molecular weight excluding hydrogens is 415 g/mol. The highest BCUT2D eigenvalue weighted by Crippen LogP contribution is 2.39. The maximum atomic E-state index is 14.7. The number of hydrogen-bond donors (Lipinski definition) is 0. The second-order valence-electron chi connectivity index (χ2n) is 8.15. The van der Waals surface area contributed by atoms with Gasteiger partial charge in [0.1, 0.15) is 5.82 Å². The Morgan fingerprint density at radius 1 is 0.967 bits per heavy atom. The van der Waals surface area contributed by atoms with Gasteiger partial charge in [-0.25, -0.2) is 8.78 Å². The zero-order valence-corrected chi connectivity index (χ0v) is 18.5. The van der Waals surface area contributed by atoms with Crippen LogP contribution in [0.2, 0.25) is 12.1 Å². The van der Waals surface area contributed by atoms with Crippen LogP contribution in [0.3, 0.4) is 0 Å². The smallest absolute Gasteiger partial charge is 0.403 e. The van der Waals surface area contributed by atoms with Crippen molar-refractivity contribution >= 4 is 9.52 Å². The van der Waals surface area contributed by atoms with Gasteiger partial charge in [0.15, 0.2) is 11.6 Å². The van der Waals surface area contributed by atoms with Gasteiger partial charge in [-0.1, -0.05) is 43.6 Å². The van der Waals surface area contributed by atoms with E-state index in [9.17, 15) is 22.0 Å². The summed E-state index contributed by atoms with van der Waals surface area (Å²) >= 11 is 0. The molecule has 0 aromatic heterocycles. The molecule has 0 atom stereocenters. The van der Waals surface area contributed by atoms with Gasteiger partial charge >= 0.3 is 6.36 Å². The van der Waals surface area contributed by atoms with Gasteiger partial charge in [0.25, 0.3) is 0 Å². The van der Waals surface area contributed by atoms with E-state index in [4.69, 9.17) is 0 Å². The van der Waals surface area contributed by atoms with Crippen molar-refractivity contribution in [2.24, 2.45) is 5.92 Å². The van der Waals surface area contributed by atoms with Crippen LogP contribution < -0.4 is 4.74 Å². The summed E-state index contributed by atoms with van der Waals surface area (Å²) < 4.78 is 69.2. The number of hydrogen-bond acceptors (Lipinski definition) is 1. The molecule has 0 N–H and O–H groups in total. The first kappa shape index (κ1) is 22.8. The van der Waals surface area contributed by atoms with Crippen LogP contribution in [0.1, 0.15) is 50.5 Å².